The second-order valence-electron chi connectivity index (χ2n) is 4.58. The first-order valence-electron chi connectivity index (χ1n) is 6.31. The summed E-state index contributed by atoms with van der Waals surface area (Å²) in [7, 11) is 0. The van der Waals surface area contributed by atoms with E-state index in [1.807, 2.05) is 18.7 Å². The van der Waals surface area contributed by atoms with Gasteiger partial charge in [0.25, 0.3) is 0 Å². The van der Waals surface area contributed by atoms with Gasteiger partial charge in [0.1, 0.15) is 11.6 Å². The van der Waals surface area contributed by atoms with Crippen LogP contribution >= 0.6 is 11.8 Å². The van der Waals surface area contributed by atoms with Crippen LogP contribution in [0.1, 0.15) is 26.3 Å². The maximum Gasteiger partial charge on any atom is 0.129 e. The summed E-state index contributed by atoms with van der Waals surface area (Å²) < 4.78 is 26.4. The molecular formula is C14H21F2NS. The highest BCUT2D eigenvalue weighted by atomic mass is 32.2. The Morgan fingerprint density at radius 2 is 2.00 bits per heavy atom. The quantitative estimate of drug-likeness (QED) is 0.814. The molecular weight excluding hydrogens is 252 g/mol. The van der Waals surface area contributed by atoms with Gasteiger partial charge in [-0.2, -0.15) is 11.8 Å². The summed E-state index contributed by atoms with van der Waals surface area (Å²) in [5.74, 6) is -0.0391. The molecule has 1 atom stereocenters. The monoisotopic (exact) mass is 273 g/mol. The maximum atomic E-state index is 13.6. The van der Waals surface area contributed by atoms with Crippen molar-refractivity contribution in [3.63, 3.8) is 0 Å². The molecule has 0 spiro atoms. The fourth-order valence-electron chi connectivity index (χ4n) is 1.74. The first-order valence-corrected chi connectivity index (χ1v) is 7.36. The van der Waals surface area contributed by atoms with E-state index in [9.17, 15) is 8.78 Å². The Morgan fingerprint density at radius 1 is 1.28 bits per heavy atom. The first-order chi connectivity index (χ1) is 8.52. The van der Waals surface area contributed by atoms with E-state index in [1.54, 1.807) is 0 Å². The van der Waals surface area contributed by atoms with E-state index in [4.69, 9.17) is 0 Å². The highest BCUT2D eigenvalue weighted by Gasteiger charge is 2.13. The normalized spacial score (nSPS) is 13.0. The third-order valence-electron chi connectivity index (χ3n) is 2.60. The molecule has 0 bridgehead atoms. The summed E-state index contributed by atoms with van der Waals surface area (Å²) in [5.41, 5.74) is 0.576. The van der Waals surface area contributed by atoms with Crippen LogP contribution in [0.3, 0.4) is 0 Å². The Morgan fingerprint density at radius 3 is 2.56 bits per heavy atom. The lowest BCUT2D eigenvalue weighted by Crippen LogP contribution is -2.34. The SMILES string of the molecule is CCNC(CSC(C)C)Cc1ccc(F)cc1F. The number of likely N-dealkylation sites (N-methyl/N-ethyl adjacent to an activating group) is 1. The summed E-state index contributed by atoms with van der Waals surface area (Å²) in [5, 5.41) is 3.91. The lowest BCUT2D eigenvalue weighted by molar-refractivity contribution is 0.535. The number of benzene rings is 1. The molecule has 0 aromatic heterocycles. The number of nitrogens with one attached hydrogen (secondary N) is 1. The molecule has 0 saturated heterocycles. The molecule has 0 aliphatic rings. The number of rotatable bonds is 7. The second-order valence-corrected chi connectivity index (χ2v) is 6.19. The third kappa shape index (κ3) is 5.36. The van der Waals surface area contributed by atoms with Gasteiger partial charge < -0.3 is 5.32 Å². The predicted octanol–water partition coefficient (Wildman–Crippen LogP) is 3.63. The minimum atomic E-state index is -0.521. The van der Waals surface area contributed by atoms with Crippen LogP contribution in [0.5, 0.6) is 0 Å². The number of hydrogen-bond acceptors (Lipinski definition) is 2. The van der Waals surface area contributed by atoms with Gasteiger partial charge >= 0.3 is 0 Å². The van der Waals surface area contributed by atoms with Crippen molar-refractivity contribution in [1.29, 1.82) is 0 Å². The molecule has 0 amide bonds. The molecule has 0 saturated carbocycles. The molecule has 18 heavy (non-hydrogen) atoms. The van der Waals surface area contributed by atoms with Crippen molar-refractivity contribution in [2.75, 3.05) is 12.3 Å². The molecule has 1 rings (SSSR count). The van der Waals surface area contributed by atoms with Crippen molar-refractivity contribution in [1.82, 2.24) is 5.32 Å². The van der Waals surface area contributed by atoms with Gasteiger partial charge in [-0.25, -0.2) is 8.78 Å². The zero-order valence-corrected chi connectivity index (χ0v) is 12.0. The Bertz CT molecular complexity index is 369. The van der Waals surface area contributed by atoms with E-state index in [1.165, 1.54) is 12.1 Å². The van der Waals surface area contributed by atoms with Crippen LogP contribution in [0.4, 0.5) is 8.78 Å². The Kier molecular flexibility index (Phi) is 6.65. The number of hydrogen-bond donors (Lipinski definition) is 1. The lowest BCUT2D eigenvalue weighted by atomic mass is 10.1. The molecule has 1 unspecified atom stereocenters. The van der Waals surface area contributed by atoms with Crippen LogP contribution in [-0.2, 0) is 6.42 Å². The predicted molar refractivity (Wildman–Crippen MR) is 75.1 cm³/mol. The van der Waals surface area contributed by atoms with Crippen molar-refractivity contribution in [2.45, 2.75) is 38.5 Å². The minimum absolute atomic E-state index is 0.224. The smallest absolute Gasteiger partial charge is 0.129 e. The molecule has 1 N–H and O–H groups in total. The van der Waals surface area contributed by atoms with Crippen LogP contribution < -0.4 is 5.32 Å². The molecule has 0 heterocycles. The highest BCUT2D eigenvalue weighted by Crippen LogP contribution is 2.16. The van der Waals surface area contributed by atoms with Gasteiger partial charge in [-0.05, 0) is 29.8 Å². The fourth-order valence-corrected chi connectivity index (χ4v) is 2.59. The van der Waals surface area contributed by atoms with Crippen LogP contribution in [0.15, 0.2) is 18.2 Å². The number of thioether (sulfide) groups is 1. The summed E-state index contributed by atoms with van der Waals surface area (Å²) in [4.78, 5) is 0. The van der Waals surface area contributed by atoms with E-state index >= 15 is 0 Å². The molecule has 1 aromatic carbocycles. The van der Waals surface area contributed by atoms with Gasteiger partial charge in [0.05, 0.1) is 0 Å². The molecule has 1 aromatic rings. The molecule has 4 heteroatoms. The van der Waals surface area contributed by atoms with E-state index in [-0.39, 0.29) is 6.04 Å². The van der Waals surface area contributed by atoms with E-state index in [0.29, 0.717) is 17.2 Å². The van der Waals surface area contributed by atoms with Crippen LogP contribution in [0.25, 0.3) is 0 Å². The van der Waals surface area contributed by atoms with Gasteiger partial charge in [0.15, 0.2) is 0 Å². The average Bonchev–Trinajstić information content (AvgIpc) is 2.29. The van der Waals surface area contributed by atoms with E-state index < -0.39 is 11.6 Å². The van der Waals surface area contributed by atoms with Crippen molar-refractivity contribution >= 4 is 11.8 Å². The summed E-state index contributed by atoms with van der Waals surface area (Å²) in [6.07, 6.45) is 0.597. The zero-order chi connectivity index (χ0) is 13.5. The summed E-state index contributed by atoms with van der Waals surface area (Å²) in [6.45, 7) is 7.18. The molecule has 0 radical (unpaired) electrons. The Labute approximate surface area is 112 Å². The Balaban J connectivity index is 2.64. The zero-order valence-electron chi connectivity index (χ0n) is 11.2. The Hall–Kier alpha value is -0.610. The van der Waals surface area contributed by atoms with E-state index in [2.05, 4.69) is 19.2 Å². The topological polar surface area (TPSA) is 12.0 Å². The van der Waals surface area contributed by atoms with Crippen molar-refractivity contribution in [2.24, 2.45) is 0 Å². The van der Waals surface area contributed by atoms with Crippen molar-refractivity contribution < 1.29 is 8.78 Å². The van der Waals surface area contributed by atoms with Crippen molar-refractivity contribution in [3.8, 4) is 0 Å². The largest absolute Gasteiger partial charge is 0.313 e. The summed E-state index contributed by atoms with van der Waals surface area (Å²) >= 11 is 1.85. The molecule has 0 aliphatic carbocycles. The maximum absolute atomic E-state index is 13.6. The standard InChI is InChI=1S/C14H21F2NS/c1-4-17-13(9-18-10(2)3)7-11-5-6-12(15)8-14(11)16/h5-6,8,10,13,17H,4,7,9H2,1-3H3. The van der Waals surface area contributed by atoms with Crippen LogP contribution in [-0.4, -0.2) is 23.6 Å². The van der Waals surface area contributed by atoms with Gasteiger partial charge in [-0.1, -0.05) is 26.8 Å². The van der Waals surface area contributed by atoms with Gasteiger partial charge in [0.2, 0.25) is 0 Å². The van der Waals surface area contributed by atoms with Crippen LogP contribution in [0.2, 0.25) is 0 Å². The summed E-state index contributed by atoms with van der Waals surface area (Å²) in [6, 6.07) is 4.03. The second kappa shape index (κ2) is 7.74. The minimum Gasteiger partial charge on any atom is -0.313 e. The van der Waals surface area contributed by atoms with Gasteiger partial charge in [-0.15, -0.1) is 0 Å². The average molecular weight is 273 g/mol. The van der Waals surface area contributed by atoms with E-state index in [0.717, 1.165) is 18.4 Å². The van der Waals surface area contributed by atoms with Crippen molar-refractivity contribution in [3.05, 3.63) is 35.4 Å². The van der Waals surface area contributed by atoms with Gasteiger partial charge in [0, 0.05) is 17.9 Å². The van der Waals surface area contributed by atoms with Crippen LogP contribution in [0, 0.1) is 11.6 Å². The molecule has 1 nitrogen and oxygen atoms in total. The first kappa shape index (κ1) is 15.4. The fraction of sp³-hybridized carbons (Fsp3) is 0.571. The lowest BCUT2D eigenvalue weighted by Gasteiger charge is -2.19. The number of halogens is 2. The molecule has 0 aliphatic heterocycles. The highest BCUT2D eigenvalue weighted by molar-refractivity contribution is 7.99. The molecule has 0 fully saturated rings. The third-order valence-corrected chi connectivity index (χ3v) is 3.87. The molecule has 102 valence electrons. The van der Waals surface area contributed by atoms with Gasteiger partial charge in [-0.3, -0.25) is 0 Å².